The van der Waals surface area contributed by atoms with Gasteiger partial charge in [-0.3, -0.25) is 4.79 Å². The van der Waals surface area contributed by atoms with E-state index in [1.807, 2.05) is 12.1 Å². The molecule has 0 radical (unpaired) electrons. The Labute approximate surface area is 180 Å². The van der Waals surface area contributed by atoms with Crippen molar-refractivity contribution in [1.29, 1.82) is 0 Å². The fourth-order valence-corrected chi connectivity index (χ4v) is 4.79. The van der Waals surface area contributed by atoms with Crippen molar-refractivity contribution in [2.45, 2.75) is 57.1 Å². The second-order valence-corrected chi connectivity index (χ2v) is 15.7. The number of anilines is 2. The average molecular weight is 434 g/mol. The van der Waals surface area contributed by atoms with Crippen LogP contribution < -0.4 is 10.3 Å². The molecule has 30 heavy (non-hydrogen) atoms. The highest BCUT2D eigenvalue weighted by molar-refractivity contribution is 6.76. The lowest BCUT2D eigenvalue weighted by molar-refractivity contribution is -0.144. The van der Waals surface area contributed by atoms with E-state index in [4.69, 9.17) is 9.47 Å². The molecular formula is C22H35N3O4Si. The first-order valence-corrected chi connectivity index (χ1v) is 14.9. The second kappa shape index (κ2) is 8.86. The summed E-state index contributed by atoms with van der Waals surface area (Å²) in [6.07, 6.45) is 3.93. The van der Waals surface area contributed by atoms with E-state index >= 15 is 0 Å². The Morgan fingerprint density at radius 2 is 2.07 bits per heavy atom. The number of carbonyl (C=O) groups is 1. The van der Waals surface area contributed by atoms with E-state index < -0.39 is 20.1 Å². The van der Waals surface area contributed by atoms with Crippen LogP contribution >= 0.6 is 0 Å². The minimum Gasteiger partial charge on any atom is -0.480 e. The van der Waals surface area contributed by atoms with Gasteiger partial charge in [-0.05, 0) is 49.4 Å². The third kappa shape index (κ3) is 5.35. The van der Waals surface area contributed by atoms with Crippen molar-refractivity contribution in [1.82, 2.24) is 5.01 Å². The SMILES string of the molecule is C[Si](C)(C)CCOCN1Nc2ccc(N3CCC(OCC4CC4)C3)cc2C1C(=O)O. The van der Waals surface area contributed by atoms with E-state index in [2.05, 4.69) is 36.0 Å². The highest BCUT2D eigenvalue weighted by atomic mass is 28.3. The van der Waals surface area contributed by atoms with Crippen LogP contribution in [-0.2, 0) is 14.3 Å². The predicted octanol–water partition coefficient (Wildman–Crippen LogP) is 3.77. The Morgan fingerprint density at radius 1 is 1.27 bits per heavy atom. The molecule has 4 rings (SSSR count). The van der Waals surface area contributed by atoms with Gasteiger partial charge in [-0.15, -0.1) is 0 Å². The molecule has 1 aromatic carbocycles. The van der Waals surface area contributed by atoms with E-state index in [0.29, 0.717) is 6.61 Å². The number of carboxylic acid groups (broad SMARTS) is 1. The normalized spacial score (nSPS) is 24.2. The van der Waals surface area contributed by atoms with Crippen molar-refractivity contribution in [3.8, 4) is 0 Å². The molecule has 0 aromatic heterocycles. The van der Waals surface area contributed by atoms with Gasteiger partial charge in [0, 0.05) is 45.6 Å². The van der Waals surface area contributed by atoms with E-state index in [0.717, 1.165) is 55.0 Å². The lowest BCUT2D eigenvalue weighted by Gasteiger charge is -2.23. The Balaban J connectivity index is 1.37. The Bertz CT molecular complexity index is 765. The fourth-order valence-electron chi connectivity index (χ4n) is 4.03. The molecule has 2 aliphatic heterocycles. The number of fused-ring (bicyclic) bond motifs is 1. The number of hydrogen-bond donors (Lipinski definition) is 2. The Morgan fingerprint density at radius 3 is 2.77 bits per heavy atom. The molecule has 1 aromatic rings. The number of ether oxygens (including phenoxy) is 2. The molecule has 2 fully saturated rings. The van der Waals surface area contributed by atoms with Gasteiger partial charge in [0.1, 0.15) is 6.73 Å². The first-order chi connectivity index (χ1) is 14.3. The van der Waals surface area contributed by atoms with Crippen LogP contribution in [0.15, 0.2) is 18.2 Å². The fraction of sp³-hybridized carbons (Fsp3) is 0.682. The topological polar surface area (TPSA) is 74.3 Å². The van der Waals surface area contributed by atoms with Crippen molar-refractivity contribution in [2.75, 3.05) is 43.4 Å². The minimum atomic E-state index is -1.17. The molecule has 3 aliphatic rings. The number of aliphatic carboxylic acids is 1. The molecular weight excluding hydrogens is 398 g/mol. The van der Waals surface area contributed by atoms with Crippen molar-refractivity contribution in [3.05, 3.63) is 23.8 Å². The van der Waals surface area contributed by atoms with Gasteiger partial charge in [0.15, 0.2) is 6.04 Å². The van der Waals surface area contributed by atoms with Gasteiger partial charge in [-0.25, -0.2) is 0 Å². The maximum atomic E-state index is 12.0. The zero-order valence-corrected chi connectivity index (χ0v) is 19.4. The molecule has 7 nitrogen and oxygen atoms in total. The van der Waals surface area contributed by atoms with Gasteiger partial charge in [0.05, 0.1) is 11.8 Å². The summed E-state index contributed by atoms with van der Waals surface area (Å²) in [5.74, 6) is -0.0837. The van der Waals surface area contributed by atoms with Crippen LogP contribution in [0.4, 0.5) is 11.4 Å². The molecule has 2 atom stereocenters. The molecule has 1 aliphatic carbocycles. The summed E-state index contributed by atoms with van der Waals surface area (Å²) >= 11 is 0. The summed E-state index contributed by atoms with van der Waals surface area (Å²) in [5, 5.41) is 11.6. The van der Waals surface area contributed by atoms with Crippen LogP contribution in [0.25, 0.3) is 0 Å². The molecule has 0 bridgehead atoms. The van der Waals surface area contributed by atoms with E-state index in [9.17, 15) is 9.90 Å². The zero-order chi connectivity index (χ0) is 21.3. The van der Waals surface area contributed by atoms with Crippen LogP contribution in [0.1, 0.15) is 30.9 Å². The standard InChI is InChI=1S/C22H35N3O4Si/c1-30(2,3)11-10-28-15-25-21(22(26)27)19-12-17(6-7-20(19)23-25)24-9-8-18(13-24)29-14-16-4-5-16/h6-7,12,16,18,21,23H,4-5,8-11,13-15H2,1-3H3,(H,26,27). The molecule has 2 N–H and O–H groups in total. The number of hydrazine groups is 1. The molecule has 0 amide bonds. The molecule has 1 saturated heterocycles. The number of nitrogens with one attached hydrogen (secondary N) is 1. The highest BCUT2D eigenvalue weighted by Gasteiger charge is 2.37. The Hall–Kier alpha value is -1.61. The summed E-state index contributed by atoms with van der Waals surface area (Å²) in [4.78, 5) is 14.4. The maximum absolute atomic E-state index is 12.0. The van der Waals surface area contributed by atoms with Crippen molar-refractivity contribution in [3.63, 3.8) is 0 Å². The molecule has 8 heteroatoms. The highest BCUT2D eigenvalue weighted by Crippen LogP contribution is 2.38. The number of nitrogens with zero attached hydrogens (tertiary/aromatic N) is 2. The predicted molar refractivity (Wildman–Crippen MR) is 121 cm³/mol. The second-order valence-electron chi connectivity index (χ2n) is 10.1. The zero-order valence-electron chi connectivity index (χ0n) is 18.4. The van der Waals surface area contributed by atoms with Gasteiger partial charge in [-0.2, -0.15) is 5.01 Å². The largest absolute Gasteiger partial charge is 0.480 e. The molecule has 2 heterocycles. The van der Waals surface area contributed by atoms with Gasteiger partial charge in [-0.1, -0.05) is 19.6 Å². The van der Waals surface area contributed by atoms with Crippen LogP contribution in [0.5, 0.6) is 0 Å². The number of hydrogen-bond acceptors (Lipinski definition) is 6. The van der Waals surface area contributed by atoms with E-state index in [1.165, 1.54) is 12.8 Å². The van der Waals surface area contributed by atoms with E-state index in [-0.39, 0.29) is 12.8 Å². The number of carboxylic acids is 1. The van der Waals surface area contributed by atoms with Crippen LogP contribution in [0, 0.1) is 5.92 Å². The molecule has 1 saturated carbocycles. The van der Waals surface area contributed by atoms with E-state index in [1.54, 1.807) is 5.01 Å². The third-order valence-electron chi connectivity index (χ3n) is 6.14. The quantitative estimate of drug-likeness (QED) is 0.430. The molecule has 2 unspecified atom stereocenters. The van der Waals surface area contributed by atoms with Crippen LogP contribution in [-0.4, -0.2) is 63.3 Å². The van der Waals surface area contributed by atoms with Gasteiger partial charge in [0.2, 0.25) is 0 Å². The Kier molecular flexibility index (Phi) is 6.38. The van der Waals surface area contributed by atoms with Gasteiger partial charge in [0.25, 0.3) is 0 Å². The van der Waals surface area contributed by atoms with Crippen LogP contribution in [0.3, 0.4) is 0 Å². The average Bonchev–Trinajstić information content (AvgIpc) is 3.26. The lowest BCUT2D eigenvalue weighted by atomic mass is 10.1. The van der Waals surface area contributed by atoms with Crippen LogP contribution in [0.2, 0.25) is 25.7 Å². The first-order valence-electron chi connectivity index (χ1n) is 11.1. The first kappa shape index (κ1) is 21.6. The summed E-state index contributed by atoms with van der Waals surface area (Å²) in [7, 11) is -1.17. The monoisotopic (exact) mass is 433 g/mol. The van der Waals surface area contributed by atoms with Crippen molar-refractivity contribution in [2.24, 2.45) is 5.92 Å². The lowest BCUT2D eigenvalue weighted by Crippen LogP contribution is -2.35. The summed E-state index contributed by atoms with van der Waals surface area (Å²) in [5.41, 5.74) is 5.95. The van der Waals surface area contributed by atoms with Crippen molar-refractivity contribution < 1.29 is 19.4 Å². The van der Waals surface area contributed by atoms with Crippen molar-refractivity contribution >= 4 is 25.4 Å². The van der Waals surface area contributed by atoms with Gasteiger partial charge < -0.3 is 24.9 Å². The number of benzene rings is 1. The summed E-state index contributed by atoms with van der Waals surface area (Å²) in [6, 6.07) is 6.41. The van der Waals surface area contributed by atoms with Gasteiger partial charge >= 0.3 is 5.97 Å². The maximum Gasteiger partial charge on any atom is 0.327 e. The third-order valence-corrected chi connectivity index (χ3v) is 7.84. The molecule has 0 spiro atoms. The minimum absolute atomic E-state index is 0.256. The smallest absolute Gasteiger partial charge is 0.327 e. The summed E-state index contributed by atoms with van der Waals surface area (Å²) in [6.45, 7) is 10.6. The summed E-state index contributed by atoms with van der Waals surface area (Å²) < 4.78 is 11.9. The number of rotatable bonds is 10. The molecule has 166 valence electrons.